The third-order valence-electron chi connectivity index (χ3n) is 1.97. The fraction of sp³-hybridized carbons (Fsp3) is 0.556. The van der Waals surface area contributed by atoms with E-state index in [2.05, 4.69) is 5.10 Å². The number of nitrogens with one attached hydrogen (secondary N) is 1. The normalized spacial score (nSPS) is 10.4. The van der Waals surface area contributed by atoms with Gasteiger partial charge in [0.25, 0.3) is 11.1 Å². The molecule has 3 N–H and O–H groups in total. The van der Waals surface area contributed by atoms with Gasteiger partial charge in [0.15, 0.2) is 0 Å². The van der Waals surface area contributed by atoms with Crippen LogP contribution in [0.25, 0.3) is 0 Å². The van der Waals surface area contributed by atoms with E-state index in [-0.39, 0.29) is 11.1 Å². The molecule has 1 aromatic rings. The fourth-order valence-corrected chi connectivity index (χ4v) is 1.22. The van der Waals surface area contributed by atoms with Crippen LogP contribution in [0.2, 0.25) is 0 Å². The van der Waals surface area contributed by atoms with Crippen LogP contribution < -0.4 is 16.9 Å². The molecule has 0 aliphatic heterocycles. The summed E-state index contributed by atoms with van der Waals surface area (Å²) in [6.45, 7) is 1.22. The molecule has 78 valence electrons. The molecule has 14 heavy (non-hydrogen) atoms. The first-order valence-corrected chi connectivity index (χ1v) is 4.74. The number of hydrogen-bond donors (Lipinski definition) is 2. The second-order valence-corrected chi connectivity index (χ2v) is 3.15. The number of aryl methyl sites for hydroxylation is 1. The van der Waals surface area contributed by atoms with Crippen molar-refractivity contribution in [2.45, 2.75) is 25.8 Å². The predicted molar refractivity (Wildman–Crippen MR) is 54.2 cm³/mol. The first-order chi connectivity index (χ1) is 6.74. The molecule has 1 rings (SSSR count). The maximum Gasteiger partial charge on any atom is 0.265 e. The zero-order valence-corrected chi connectivity index (χ0v) is 8.03. The van der Waals surface area contributed by atoms with Crippen LogP contribution in [0.15, 0.2) is 21.7 Å². The van der Waals surface area contributed by atoms with Crippen LogP contribution in [-0.4, -0.2) is 16.3 Å². The van der Waals surface area contributed by atoms with E-state index in [1.807, 2.05) is 0 Å². The summed E-state index contributed by atoms with van der Waals surface area (Å²) in [4.78, 5) is 22.1. The monoisotopic (exact) mass is 197 g/mol. The maximum absolute atomic E-state index is 11.2. The van der Waals surface area contributed by atoms with Gasteiger partial charge in [0.05, 0.1) is 0 Å². The molecule has 0 unspecified atom stereocenters. The summed E-state index contributed by atoms with van der Waals surface area (Å²) in [6.07, 6.45) is 2.78. The molecule has 0 radical (unpaired) electrons. The molecule has 0 bridgehead atoms. The van der Waals surface area contributed by atoms with E-state index >= 15 is 0 Å². The van der Waals surface area contributed by atoms with Gasteiger partial charge in [0.1, 0.15) is 0 Å². The molecule has 0 amide bonds. The van der Waals surface area contributed by atoms with E-state index in [9.17, 15) is 9.59 Å². The average Bonchev–Trinajstić information content (AvgIpc) is 2.18. The zero-order valence-electron chi connectivity index (χ0n) is 8.03. The van der Waals surface area contributed by atoms with Crippen LogP contribution in [0.3, 0.4) is 0 Å². The van der Waals surface area contributed by atoms with E-state index in [1.54, 1.807) is 0 Å². The highest BCUT2D eigenvalue weighted by Crippen LogP contribution is 1.93. The summed E-state index contributed by atoms with van der Waals surface area (Å²) in [6, 6.07) is 2.51. The third-order valence-corrected chi connectivity index (χ3v) is 1.97. The SMILES string of the molecule is NCCCCCn1[nH]c(=O)ccc1=O. The van der Waals surface area contributed by atoms with E-state index < -0.39 is 0 Å². The first-order valence-electron chi connectivity index (χ1n) is 4.74. The molecule has 0 fully saturated rings. The van der Waals surface area contributed by atoms with Gasteiger partial charge < -0.3 is 5.73 Å². The molecule has 5 nitrogen and oxygen atoms in total. The minimum Gasteiger partial charge on any atom is -0.330 e. The lowest BCUT2D eigenvalue weighted by molar-refractivity contribution is 0.518. The second-order valence-electron chi connectivity index (χ2n) is 3.15. The van der Waals surface area contributed by atoms with E-state index in [0.717, 1.165) is 19.3 Å². The van der Waals surface area contributed by atoms with Gasteiger partial charge in [-0.15, -0.1) is 0 Å². The number of rotatable bonds is 5. The minimum absolute atomic E-state index is 0.169. The number of aromatic nitrogens is 2. The van der Waals surface area contributed by atoms with Crippen molar-refractivity contribution in [3.8, 4) is 0 Å². The Morgan fingerprint density at radius 2 is 2.00 bits per heavy atom. The maximum atomic E-state index is 11.2. The molecule has 0 atom stereocenters. The standard InChI is InChI=1S/C9H15N3O2/c10-6-2-1-3-7-12-9(14)5-4-8(13)11-12/h4-5H,1-3,6-7,10H2,(H,11,13). The van der Waals surface area contributed by atoms with Gasteiger partial charge in [-0.1, -0.05) is 6.42 Å². The predicted octanol–water partition coefficient (Wildman–Crippen LogP) is -0.334. The molecule has 0 spiro atoms. The van der Waals surface area contributed by atoms with Crippen LogP contribution in [0.1, 0.15) is 19.3 Å². The molecule has 1 heterocycles. The number of H-pyrrole nitrogens is 1. The number of unbranched alkanes of at least 4 members (excludes halogenated alkanes) is 2. The summed E-state index contributed by atoms with van der Waals surface area (Å²) in [5, 5.41) is 2.47. The van der Waals surface area contributed by atoms with Gasteiger partial charge in [0, 0.05) is 18.7 Å². The smallest absolute Gasteiger partial charge is 0.265 e. The van der Waals surface area contributed by atoms with Crippen molar-refractivity contribution in [3.63, 3.8) is 0 Å². The number of nitrogens with two attached hydrogens (primary N) is 1. The Balaban J connectivity index is 2.54. The van der Waals surface area contributed by atoms with E-state index in [0.29, 0.717) is 13.1 Å². The van der Waals surface area contributed by atoms with E-state index in [4.69, 9.17) is 5.73 Å². The van der Waals surface area contributed by atoms with Crippen molar-refractivity contribution in [2.24, 2.45) is 5.73 Å². The van der Waals surface area contributed by atoms with Crippen molar-refractivity contribution >= 4 is 0 Å². The Hall–Kier alpha value is -1.36. The molecule has 0 saturated heterocycles. The number of nitrogens with zero attached hydrogens (tertiary/aromatic N) is 1. The Kier molecular flexibility index (Phi) is 4.12. The zero-order chi connectivity index (χ0) is 10.4. The largest absolute Gasteiger partial charge is 0.330 e. The number of hydrogen-bond acceptors (Lipinski definition) is 3. The minimum atomic E-state index is -0.247. The third kappa shape index (κ3) is 3.18. The molecular weight excluding hydrogens is 182 g/mol. The topological polar surface area (TPSA) is 80.9 Å². The van der Waals surface area contributed by atoms with E-state index in [1.165, 1.54) is 16.8 Å². The summed E-state index contributed by atoms with van der Waals surface area (Å²) in [5.41, 5.74) is 4.92. The second kappa shape index (κ2) is 5.39. The lowest BCUT2D eigenvalue weighted by Gasteiger charge is -2.03. The Morgan fingerprint density at radius 3 is 2.71 bits per heavy atom. The summed E-state index contributed by atoms with van der Waals surface area (Å²) in [7, 11) is 0. The lowest BCUT2D eigenvalue weighted by atomic mass is 10.2. The van der Waals surface area contributed by atoms with Crippen molar-refractivity contribution < 1.29 is 0 Å². The van der Waals surface area contributed by atoms with Gasteiger partial charge in [-0.05, 0) is 19.4 Å². The van der Waals surface area contributed by atoms with Crippen molar-refractivity contribution in [2.75, 3.05) is 6.54 Å². The van der Waals surface area contributed by atoms with Crippen LogP contribution in [-0.2, 0) is 6.54 Å². The van der Waals surface area contributed by atoms with Crippen molar-refractivity contribution in [1.82, 2.24) is 9.78 Å². The molecule has 0 aliphatic rings. The Labute approximate surface area is 81.5 Å². The van der Waals surface area contributed by atoms with Gasteiger partial charge in [-0.2, -0.15) is 0 Å². The lowest BCUT2D eigenvalue weighted by Crippen LogP contribution is -2.27. The Bertz CT molecular complexity index is 380. The molecule has 0 aliphatic carbocycles. The van der Waals surface area contributed by atoms with Crippen LogP contribution in [0.4, 0.5) is 0 Å². The molecule has 0 saturated carbocycles. The summed E-state index contributed by atoms with van der Waals surface area (Å²) in [5.74, 6) is 0. The molecule has 1 aromatic heterocycles. The molecule has 5 heteroatoms. The van der Waals surface area contributed by atoms with Crippen molar-refractivity contribution in [1.29, 1.82) is 0 Å². The van der Waals surface area contributed by atoms with Gasteiger partial charge in [-0.3, -0.25) is 19.4 Å². The summed E-state index contributed by atoms with van der Waals surface area (Å²) < 4.78 is 1.33. The highest BCUT2D eigenvalue weighted by atomic mass is 16.1. The van der Waals surface area contributed by atoms with Crippen LogP contribution >= 0.6 is 0 Å². The highest BCUT2D eigenvalue weighted by molar-refractivity contribution is 4.85. The average molecular weight is 197 g/mol. The quantitative estimate of drug-likeness (QED) is 0.634. The number of aromatic amines is 1. The molecular formula is C9H15N3O2. The van der Waals surface area contributed by atoms with Crippen molar-refractivity contribution in [3.05, 3.63) is 32.8 Å². The van der Waals surface area contributed by atoms with Crippen LogP contribution in [0.5, 0.6) is 0 Å². The highest BCUT2D eigenvalue weighted by Gasteiger charge is 1.95. The first kappa shape index (κ1) is 10.7. The van der Waals surface area contributed by atoms with Gasteiger partial charge in [0.2, 0.25) is 0 Å². The fourth-order valence-electron chi connectivity index (χ4n) is 1.22. The summed E-state index contributed by atoms with van der Waals surface area (Å²) >= 11 is 0. The van der Waals surface area contributed by atoms with Gasteiger partial charge >= 0.3 is 0 Å². The van der Waals surface area contributed by atoms with Gasteiger partial charge in [-0.25, -0.2) is 0 Å². The van der Waals surface area contributed by atoms with Crippen LogP contribution in [0, 0.1) is 0 Å². The Morgan fingerprint density at radius 1 is 1.21 bits per heavy atom. The molecule has 0 aromatic carbocycles.